The number of halogens is 11. The Morgan fingerprint density at radius 1 is 0.421 bits per heavy atom. The smallest absolute Gasteiger partial charge is 0.396 e. The van der Waals surface area contributed by atoms with Gasteiger partial charge in [0.15, 0.2) is 0 Å². The van der Waals surface area contributed by atoms with E-state index in [0.717, 1.165) is 54.5 Å². The Morgan fingerprint density at radius 3 is 1.09 bits per heavy atom. The molecule has 133 heavy (non-hydrogen) atoms. The predicted molar refractivity (Wildman–Crippen MR) is 468 cm³/mol. The minimum absolute atomic E-state index is 0.0126. The molecular formula is C88H87F11N18O15S. The fourth-order valence-electron chi connectivity index (χ4n) is 14.7. The number of carbonyl (C=O) groups excluding carboxylic acids is 8. The van der Waals surface area contributed by atoms with E-state index in [1.807, 2.05) is 16.7 Å². The summed E-state index contributed by atoms with van der Waals surface area (Å²) in [6, 6.07) is 35.1. The van der Waals surface area contributed by atoms with Crippen LogP contribution in [0.2, 0.25) is 0 Å². The summed E-state index contributed by atoms with van der Waals surface area (Å²) in [6.45, 7) is 4.67. The Bertz CT molecular complexity index is 6140. The predicted octanol–water partition coefficient (Wildman–Crippen LogP) is 12.5. The van der Waals surface area contributed by atoms with Gasteiger partial charge in [0.05, 0.1) is 86.2 Å². The number of hydrogen-bond acceptors (Lipinski definition) is 20. The lowest BCUT2D eigenvalue weighted by Gasteiger charge is -2.26. The zero-order chi connectivity index (χ0) is 95.0. The van der Waals surface area contributed by atoms with Gasteiger partial charge in [-0.15, -0.1) is 0 Å². The fraction of sp³-hybridized carbons (Fsp3) is 0.330. The maximum atomic E-state index is 13.1. The number of rotatable bonds is 27. The minimum Gasteiger partial charge on any atom is -0.396 e. The van der Waals surface area contributed by atoms with Crippen molar-refractivity contribution in [2.45, 2.75) is 83.2 Å². The molecule has 7 aromatic carbocycles. The van der Waals surface area contributed by atoms with E-state index in [4.69, 9.17) is 14.2 Å². The molecule has 1 atom stereocenters. The fourth-order valence-corrected chi connectivity index (χ4v) is 15.3. The van der Waals surface area contributed by atoms with Gasteiger partial charge >= 0.3 is 24.6 Å². The maximum absolute atomic E-state index is 13.1. The van der Waals surface area contributed by atoms with E-state index in [1.54, 1.807) is 100 Å². The van der Waals surface area contributed by atoms with Gasteiger partial charge in [0.25, 0.3) is 47.8 Å². The third-order valence-electron chi connectivity index (χ3n) is 21.2. The summed E-state index contributed by atoms with van der Waals surface area (Å²) in [4.78, 5) is 127. The Kier molecular flexibility index (Phi) is 31.4. The van der Waals surface area contributed by atoms with Gasteiger partial charge in [0.2, 0.25) is 23.8 Å². The number of imidazole rings is 4. The van der Waals surface area contributed by atoms with Gasteiger partial charge in [0, 0.05) is 159 Å². The summed E-state index contributed by atoms with van der Waals surface area (Å²) in [5.74, 6) is -2.15. The minimum atomic E-state index is -4.63. The Hall–Kier alpha value is -13.7. The summed E-state index contributed by atoms with van der Waals surface area (Å²) in [7, 11) is -0.900. The van der Waals surface area contributed by atoms with Crippen molar-refractivity contribution in [2.75, 3.05) is 145 Å². The van der Waals surface area contributed by atoms with Crippen molar-refractivity contribution in [1.29, 1.82) is 0 Å². The van der Waals surface area contributed by atoms with Crippen LogP contribution in [0.15, 0.2) is 164 Å². The van der Waals surface area contributed by atoms with Crippen LogP contribution in [0.3, 0.4) is 0 Å². The standard InChI is InChI=1S/C24H26F2N4O4S.C22H21F3N4O4.C21H20F3N5O4.C21H20F3N5O3/c1-35(33)12-3-2-9-30-20-8-7-18(29-10-11-34-15-21(29)31)14-19(20)27-24(30)28-23(32)17-6-4-5-16(13-17)22(25)26;23-22(24,25)15-4-1-3-14(11-15)20(32)27-21-26-17-12-16(28-8-10-33-13-19(28)31)5-6-18(17)29(21)7-2-9-30;22-21(23,24)14-8-13(10-25-11-14)19(32)27-20-26-16-9-15(28-5-7-33-12-18(28)31)2-3-17(16)29(20)4-1-6-30;22-21(23,24)14-4-1-3-13(11-14)18(31)27-19-26-16-12-15(28-9-7-25-20(28)32)5-6-17(16)29(19)8-2-10-30/h4-8,13-14,22H,2-3,9-12,15H2,1H3,(H,27,28,32);1,3-6,11-12,30H,2,7-10,13H2,(H,26,27,32);2-3,8-11,30H,1,4-7,12H2,(H,26,27,32);1,3-6,11-12,30H,2,7-10H2,(H,25,32)(H,26,27,31). The molecule has 0 spiro atoms. The summed E-state index contributed by atoms with van der Waals surface area (Å²) >= 11 is 0. The number of hydrogen-bond donors (Lipinski definition) is 8. The molecule has 45 heteroatoms. The largest absolute Gasteiger partial charge is 0.417 e. The van der Waals surface area contributed by atoms with Gasteiger partial charge in [-0.05, 0) is 159 Å². The van der Waals surface area contributed by atoms with Crippen LogP contribution in [0.5, 0.6) is 0 Å². The molecule has 0 saturated carbocycles. The highest BCUT2D eigenvalue weighted by atomic mass is 32.2. The molecule has 9 heterocycles. The van der Waals surface area contributed by atoms with Crippen LogP contribution in [0.25, 0.3) is 44.1 Å². The summed E-state index contributed by atoms with van der Waals surface area (Å²) in [6.07, 6.45) is -10.6. The molecule has 4 aliphatic heterocycles. The van der Waals surface area contributed by atoms with Gasteiger partial charge < -0.3 is 67.8 Å². The molecule has 1 unspecified atom stereocenters. The van der Waals surface area contributed by atoms with E-state index in [1.165, 1.54) is 36.4 Å². The average Bonchev–Trinajstić information content (AvgIpc) is 1.64. The van der Waals surface area contributed by atoms with Gasteiger partial charge in [-0.25, -0.2) is 33.5 Å². The number of aliphatic hydroxyl groups is 3. The van der Waals surface area contributed by atoms with E-state index in [0.29, 0.717) is 184 Å². The quantitative estimate of drug-likeness (QED) is 0.0175. The van der Waals surface area contributed by atoms with E-state index in [9.17, 15) is 106 Å². The second kappa shape index (κ2) is 43.1. The second-order valence-corrected chi connectivity index (χ2v) is 31.8. The van der Waals surface area contributed by atoms with Crippen LogP contribution in [-0.4, -0.2) is 214 Å². The van der Waals surface area contributed by atoms with E-state index in [2.05, 4.69) is 51.5 Å². The molecular weight excluding hydrogens is 1790 g/mol. The maximum Gasteiger partial charge on any atom is 0.417 e. The molecule has 4 aliphatic rings. The molecule has 4 fully saturated rings. The van der Waals surface area contributed by atoms with Crippen molar-refractivity contribution in [2.24, 2.45) is 0 Å². The second-order valence-electron chi connectivity index (χ2n) is 30.3. The first-order chi connectivity index (χ1) is 63.7. The molecule has 702 valence electrons. The van der Waals surface area contributed by atoms with Crippen molar-refractivity contribution >= 4 is 149 Å². The molecule has 5 aromatic heterocycles. The van der Waals surface area contributed by atoms with Crippen molar-refractivity contribution in [3.8, 4) is 0 Å². The molecule has 0 radical (unpaired) electrons. The Labute approximate surface area is 751 Å². The molecule has 12 aromatic rings. The highest BCUT2D eigenvalue weighted by Crippen LogP contribution is 2.37. The monoisotopic (exact) mass is 1880 g/mol. The average molecular weight is 1880 g/mol. The molecule has 33 nitrogen and oxygen atoms in total. The number of ether oxygens (including phenoxy) is 3. The third-order valence-corrected chi connectivity index (χ3v) is 22.1. The van der Waals surface area contributed by atoms with Crippen molar-refractivity contribution in [1.82, 2.24) is 48.5 Å². The molecule has 9 amide bonds. The topological polar surface area (TPSA) is 399 Å². The number of unbranched alkanes of at least 4 members (excludes halogenated alkanes) is 1. The van der Waals surface area contributed by atoms with Crippen LogP contribution >= 0.6 is 0 Å². The number of nitrogens with one attached hydrogen (secondary N) is 5. The zero-order valence-corrected chi connectivity index (χ0v) is 71.6. The molecule has 16 rings (SSSR count). The SMILES string of the molecule is CS(=O)CCCCn1c(NC(=O)c2cccc(C(F)F)c2)nc2cc(N3CCOCC3=O)ccc21.O=C(Nc1nc2cc(N3CCNC3=O)ccc2n1CCCO)c1cccc(C(F)(F)F)c1.O=C(Nc1nc2cc(N3CCOCC3=O)ccc2n1CCCO)c1cccc(C(F)(F)F)c1.O=C(Nc1nc2cc(N3CCOCC3=O)ccc2n1CCCO)c1cncc(C(F)(F)F)c1. The van der Waals surface area contributed by atoms with Gasteiger partial charge in [-0.1, -0.05) is 24.3 Å². The molecule has 4 saturated heterocycles. The van der Waals surface area contributed by atoms with Crippen LogP contribution in [-0.2, 0) is 84.1 Å². The Balaban J connectivity index is 0.000000151. The van der Waals surface area contributed by atoms with Crippen molar-refractivity contribution in [3.05, 3.63) is 209 Å². The first kappa shape index (κ1) is 96.8. The number of morpholine rings is 3. The number of fused-ring (bicyclic) bond motifs is 4. The Morgan fingerprint density at radius 2 is 0.759 bits per heavy atom. The number of alkyl halides is 11. The lowest BCUT2D eigenvalue weighted by molar-refractivity contribution is -0.138. The molecule has 0 aliphatic carbocycles. The summed E-state index contributed by atoms with van der Waals surface area (Å²) < 4.78 is 177. The lowest BCUT2D eigenvalue weighted by atomic mass is 10.1. The van der Waals surface area contributed by atoms with E-state index >= 15 is 0 Å². The van der Waals surface area contributed by atoms with Gasteiger partial charge in [0.1, 0.15) is 19.8 Å². The van der Waals surface area contributed by atoms with E-state index in [-0.39, 0.29) is 115 Å². The highest BCUT2D eigenvalue weighted by Gasteiger charge is 2.36. The number of carbonyl (C=O) groups is 8. The number of pyridine rings is 1. The normalized spacial score (nSPS) is 14.6. The van der Waals surface area contributed by atoms with Crippen LogP contribution in [0.1, 0.15) is 102 Å². The zero-order valence-electron chi connectivity index (χ0n) is 70.8. The molecule has 8 N–H and O–H groups in total. The van der Waals surface area contributed by atoms with Crippen molar-refractivity contribution in [3.63, 3.8) is 0 Å². The summed E-state index contributed by atoms with van der Waals surface area (Å²) in [5.41, 5.74) is 3.66. The number of nitrogens with zero attached hydrogens (tertiary/aromatic N) is 13. The number of aliphatic hydroxyl groups excluding tert-OH is 3. The number of anilines is 8. The van der Waals surface area contributed by atoms with Crippen LogP contribution in [0, 0.1) is 0 Å². The van der Waals surface area contributed by atoms with Gasteiger partial charge in [-0.2, -0.15) is 39.5 Å². The van der Waals surface area contributed by atoms with Crippen LogP contribution in [0.4, 0.5) is 99.6 Å². The number of urea groups is 1. The number of amides is 9. The first-order valence-electron chi connectivity index (χ1n) is 41.5. The number of aryl methyl sites for hydroxylation is 4. The number of benzene rings is 7. The first-order valence-corrected chi connectivity index (χ1v) is 43.2. The van der Waals surface area contributed by atoms with E-state index < -0.39 is 76.1 Å². The highest BCUT2D eigenvalue weighted by molar-refractivity contribution is 7.84. The van der Waals surface area contributed by atoms with Crippen LogP contribution < -0.4 is 46.2 Å². The lowest BCUT2D eigenvalue weighted by Crippen LogP contribution is -2.41. The van der Waals surface area contributed by atoms with Crippen molar-refractivity contribution < 1.29 is 120 Å². The molecule has 0 bridgehead atoms. The summed E-state index contributed by atoms with van der Waals surface area (Å²) in [5, 5.41) is 40.9. The van der Waals surface area contributed by atoms with Gasteiger partial charge in [-0.3, -0.25) is 68.9 Å². The number of aromatic nitrogens is 9. The third kappa shape index (κ3) is 24.0.